The van der Waals surface area contributed by atoms with Crippen LogP contribution in [0.5, 0.6) is 5.75 Å². The van der Waals surface area contributed by atoms with Gasteiger partial charge in [0, 0.05) is 16.5 Å². The van der Waals surface area contributed by atoms with Gasteiger partial charge >= 0.3 is 18.0 Å². The van der Waals surface area contributed by atoms with Crippen LogP contribution < -0.4 is 10.9 Å². The van der Waals surface area contributed by atoms with Gasteiger partial charge in [-0.1, -0.05) is 13.8 Å². The number of benzene rings is 1. The Kier molecular flexibility index (Phi) is 6.56. The second-order valence-corrected chi connectivity index (χ2v) is 10.9. The highest BCUT2D eigenvalue weighted by Crippen LogP contribution is 2.42. The van der Waals surface area contributed by atoms with Gasteiger partial charge in [0.1, 0.15) is 24.5 Å². The van der Waals surface area contributed by atoms with Crippen molar-refractivity contribution in [3.63, 3.8) is 0 Å². The first kappa shape index (κ1) is 27.2. The molecule has 2 N–H and O–H groups in total. The first-order chi connectivity index (χ1) is 18.9. The van der Waals surface area contributed by atoms with Crippen molar-refractivity contribution in [2.24, 2.45) is 0 Å². The minimum atomic E-state index is -1.88. The van der Waals surface area contributed by atoms with Crippen LogP contribution in [0.1, 0.15) is 63.3 Å². The van der Waals surface area contributed by atoms with Crippen LogP contribution in [0.4, 0.5) is 4.79 Å². The highest BCUT2D eigenvalue weighted by molar-refractivity contribution is 5.91. The quantitative estimate of drug-likeness (QED) is 0.282. The molecule has 11 heteroatoms. The number of aryl methyl sites for hydroxylation is 1. The van der Waals surface area contributed by atoms with Gasteiger partial charge in [-0.15, -0.1) is 0 Å². The second kappa shape index (κ2) is 9.65. The molecule has 0 fully saturated rings. The summed E-state index contributed by atoms with van der Waals surface area (Å²) >= 11 is 0. The molecule has 1 atom stereocenters. The molecule has 5 rings (SSSR count). The van der Waals surface area contributed by atoms with Gasteiger partial charge < -0.3 is 29.2 Å². The second-order valence-electron chi connectivity index (χ2n) is 10.9. The fourth-order valence-corrected chi connectivity index (χ4v) is 5.40. The molecule has 0 saturated heterocycles. The van der Waals surface area contributed by atoms with Crippen LogP contribution in [0.3, 0.4) is 0 Å². The maximum Gasteiger partial charge on any atom is 0.408 e. The molecule has 0 bridgehead atoms. The average Bonchev–Trinajstić information content (AvgIpc) is 3.25. The third-order valence-electron chi connectivity index (χ3n) is 7.17. The van der Waals surface area contributed by atoms with E-state index in [0.717, 1.165) is 16.5 Å². The van der Waals surface area contributed by atoms with Gasteiger partial charge in [0.25, 0.3) is 5.56 Å². The Morgan fingerprint density at radius 2 is 1.93 bits per heavy atom. The molecule has 4 heterocycles. The van der Waals surface area contributed by atoms with Gasteiger partial charge in [0.2, 0.25) is 5.60 Å². The summed E-state index contributed by atoms with van der Waals surface area (Å²) in [4.78, 5) is 56.6. The Labute approximate surface area is 230 Å². The van der Waals surface area contributed by atoms with E-state index >= 15 is 0 Å². The smallest absolute Gasteiger partial charge is 0.408 e. The number of pyridine rings is 2. The first-order valence-corrected chi connectivity index (χ1v) is 13.2. The lowest BCUT2D eigenvalue weighted by atomic mass is 9.85. The fourth-order valence-electron chi connectivity index (χ4n) is 5.40. The zero-order valence-corrected chi connectivity index (χ0v) is 23.0. The summed E-state index contributed by atoms with van der Waals surface area (Å²) in [5.41, 5.74) is 1.02. The molecule has 210 valence electrons. The number of carbonyl (C=O) groups is 3. The van der Waals surface area contributed by atoms with E-state index in [1.165, 1.54) is 0 Å². The monoisotopic (exact) mass is 549 g/mol. The summed E-state index contributed by atoms with van der Waals surface area (Å²) in [7, 11) is 0. The number of nitrogens with zero attached hydrogens (tertiary/aromatic N) is 2. The van der Waals surface area contributed by atoms with Crippen molar-refractivity contribution in [3.05, 3.63) is 56.9 Å². The van der Waals surface area contributed by atoms with E-state index < -0.39 is 35.8 Å². The van der Waals surface area contributed by atoms with Gasteiger partial charge in [-0.3, -0.25) is 9.59 Å². The van der Waals surface area contributed by atoms with Crippen molar-refractivity contribution in [1.29, 1.82) is 0 Å². The van der Waals surface area contributed by atoms with E-state index in [2.05, 4.69) is 5.32 Å². The lowest BCUT2D eigenvalue weighted by molar-refractivity contribution is -0.188. The Morgan fingerprint density at radius 1 is 1.18 bits per heavy atom. The molecule has 2 aliphatic heterocycles. The maximum absolute atomic E-state index is 13.8. The van der Waals surface area contributed by atoms with Crippen molar-refractivity contribution in [3.8, 4) is 17.1 Å². The zero-order chi connectivity index (χ0) is 29.0. The number of cyclic esters (lactones) is 1. The summed E-state index contributed by atoms with van der Waals surface area (Å²) in [6, 6.07) is 6.62. The van der Waals surface area contributed by atoms with E-state index in [0.29, 0.717) is 23.3 Å². The standard InChI is InChI=1S/C29H31N3O8/c1-6-16-17-10-15(33)8-9-21(17)31-24-18(16)13-32-22(24)11-20-19(25(32)35)14-38-26(36)29(20,7-2)39-23(34)12-30-27(37)40-28(3,4)5/h8-11,33H,6-7,12-14H2,1-5H3,(H,30,37). The molecule has 0 saturated carbocycles. The van der Waals surface area contributed by atoms with E-state index in [4.69, 9.17) is 19.2 Å². The molecular weight excluding hydrogens is 518 g/mol. The molecule has 1 amide bonds. The molecule has 0 radical (unpaired) electrons. The van der Waals surface area contributed by atoms with Gasteiger partial charge in [0.05, 0.1) is 29.0 Å². The van der Waals surface area contributed by atoms with Crippen molar-refractivity contribution >= 4 is 28.9 Å². The Balaban J connectivity index is 1.57. The van der Waals surface area contributed by atoms with Crippen molar-refractivity contribution in [1.82, 2.24) is 14.9 Å². The van der Waals surface area contributed by atoms with Crippen LogP contribution in [0.2, 0.25) is 0 Å². The number of alkyl carbamates (subject to hydrolysis) is 1. The summed E-state index contributed by atoms with van der Waals surface area (Å²) in [5.74, 6) is -1.57. The van der Waals surface area contributed by atoms with Crippen LogP contribution in [0, 0.1) is 0 Å². The van der Waals surface area contributed by atoms with E-state index in [9.17, 15) is 24.3 Å². The first-order valence-electron chi connectivity index (χ1n) is 13.2. The molecule has 2 aromatic heterocycles. The minimum absolute atomic E-state index is 0.00258. The molecule has 40 heavy (non-hydrogen) atoms. The number of phenols is 1. The molecule has 1 unspecified atom stereocenters. The van der Waals surface area contributed by atoms with Crippen LogP contribution in [-0.2, 0) is 49.0 Å². The summed E-state index contributed by atoms with van der Waals surface area (Å²) in [6.45, 7) is 8.16. The zero-order valence-electron chi connectivity index (χ0n) is 23.0. The maximum atomic E-state index is 13.8. The Morgan fingerprint density at radius 3 is 2.60 bits per heavy atom. The topological polar surface area (TPSA) is 146 Å². The summed E-state index contributed by atoms with van der Waals surface area (Å²) in [5, 5.41) is 13.2. The number of amides is 1. The van der Waals surface area contributed by atoms with Crippen LogP contribution in [0.25, 0.3) is 22.3 Å². The molecule has 11 nitrogen and oxygen atoms in total. The van der Waals surface area contributed by atoms with Crippen LogP contribution in [0.15, 0.2) is 29.1 Å². The SMILES string of the molecule is CCc1c2c(nc3ccc(O)cc13)-c1cc3c(c(=O)n1C2)COC(=O)C3(CC)OC(=O)CNC(=O)OC(C)(C)C. The van der Waals surface area contributed by atoms with E-state index in [1.807, 2.05) is 6.92 Å². The molecule has 0 spiro atoms. The number of nitrogens with one attached hydrogen (secondary N) is 1. The number of hydrogen-bond donors (Lipinski definition) is 2. The lowest BCUT2D eigenvalue weighted by Crippen LogP contribution is -2.49. The van der Waals surface area contributed by atoms with Gasteiger partial charge in [-0.2, -0.15) is 0 Å². The normalized spacial score (nSPS) is 17.5. The molecule has 1 aromatic carbocycles. The molecule has 0 aliphatic carbocycles. The molecular formula is C29H31N3O8. The van der Waals surface area contributed by atoms with Gasteiger partial charge in [-0.25, -0.2) is 14.6 Å². The van der Waals surface area contributed by atoms with Crippen LogP contribution in [-0.4, -0.2) is 44.8 Å². The predicted molar refractivity (Wildman–Crippen MR) is 144 cm³/mol. The summed E-state index contributed by atoms with van der Waals surface area (Å²) in [6.07, 6.45) is -0.166. The Bertz CT molecular complexity index is 1640. The number of fused-ring (bicyclic) bond motifs is 5. The van der Waals surface area contributed by atoms with Gasteiger partial charge in [0.15, 0.2) is 0 Å². The third kappa shape index (κ3) is 4.44. The van der Waals surface area contributed by atoms with E-state index in [-0.39, 0.29) is 42.0 Å². The fraction of sp³-hybridized carbons (Fsp3) is 0.414. The number of phenolic OH excluding ortho intramolecular Hbond substituents is 1. The van der Waals surface area contributed by atoms with Gasteiger partial charge in [-0.05, 0) is 63.4 Å². The number of esters is 2. The predicted octanol–water partition coefficient (Wildman–Crippen LogP) is 3.42. The lowest BCUT2D eigenvalue weighted by Gasteiger charge is -2.35. The molecule has 2 aliphatic rings. The number of rotatable bonds is 5. The average molecular weight is 550 g/mol. The number of hydrogen-bond acceptors (Lipinski definition) is 9. The number of aromatic nitrogens is 2. The Hall–Kier alpha value is -4.41. The molecule has 3 aromatic rings. The van der Waals surface area contributed by atoms with Crippen molar-refractivity contribution in [2.75, 3.05) is 6.54 Å². The third-order valence-corrected chi connectivity index (χ3v) is 7.17. The van der Waals surface area contributed by atoms with Crippen molar-refractivity contribution in [2.45, 2.75) is 71.8 Å². The summed E-state index contributed by atoms with van der Waals surface area (Å²) < 4.78 is 17.8. The highest BCUT2D eigenvalue weighted by Gasteiger charge is 2.50. The van der Waals surface area contributed by atoms with E-state index in [1.54, 1.807) is 56.5 Å². The number of carbonyl (C=O) groups excluding carboxylic acids is 3. The highest BCUT2D eigenvalue weighted by atomic mass is 16.6. The number of aromatic hydroxyl groups is 1. The minimum Gasteiger partial charge on any atom is -0.508 e. The van der Waals surface area contributed by atoms with Crippen molar-refractivity contribution < 1.29 is 33.7 Å². The number of ether oxygens (including phenoxy) is 3. The largest absolute Gasteiger partial charge is 0.508 e. The van der Waals surface area contributed by atoms with Crippen LogP contribution >= 0.6 is 0 Å².